The molecule has 0 spiro atoms. The lowest BCUT2D eigenvalue weighted by atomic mass is 9.87. The summed E-state index contributed by atoms with van der Waals surface area (Å²) in [5, 5.41) is 19.2. The Labute approximate surface area is 85.2 Å². The summed E-state index contributed by atoms with van der Waals surface area (Å²) in [6.07, 6.45) is -0.568. The highest BCUT2D eigenvalue weighted by atomic mass is 16.3. The molecule has 0 aliphatic carbocycles. The normalized spacial score (nSPS) is 15.5. The van der Waals surface area contributed by atoms with Gasteiger partial charge in [0.05, 0.1) is 6.10 Å². The van der Waals surface area contributed by atoms with Gasteiger partial charge in [0.1, 0.15) is 0 Å². The van der Waals surface area contributed by atoms with Crippen LogP contribution in [-0.4, -0.2) is 16.8 Å². The molecule has 2 nitrogen and oxygen atoms in total. The molecule has 0 aromatic heterocycles. The van der Waals surface area contributed by atoms with Crippen LogP contribution >= 0.6 is 0 Å². The molecule has 0 fully saturated rings. The van der Waals surface area contributed by atoms with Crippen LogP contribution in [0.5, 0.6) is 0 Å². The zero-order valence-corrected chi connectivity index (χ0v) is 8.72. The SMILES string of the molecule is CC(C)C(CO)[C@H](O)c1ccccc1. The molecule has 1 rings (SSSR count). The highest BCUT2D eigenvalue weighted by molar-refractivity contribution is 5.18. The lowest BCUT2D eigenvalue weighted by Gasteiger charge is -2.24. The van der Waals surface area contributed by atoms with Crippen LogP contribution in [0, 0.1) is 11.8 Å². The monoisotopic (exact) mass is 194 g/mol. The van der Waals surface area contributed by atoms with E-state index >= 15 is 0 Å². The van der Waals surface area contributed by atoms with E-state index in [0.717, 1.165) is 5.56 Å². The summed E-state index contributed by atoms with van der Waals surface area (Å²) in [7, 11) is 0. The summed E-state index contributed by atoms with van der Waals surface area (Å²) in [6.45, 7) is 4.04. The molecule has 0 heterocycles. The highest BCUT2D eigenvalue weighted by Gasteiger charge is 2.22. The fourth-order valence-corrected chi connectivity index (χ4v) is 1.57. The second kappa shape index (κ2) is 5.13. The number of rotatable bonds is 4. The quantitative estimate of drug-likeness (QED) is 0.769. The molecular formula is C12H18O2. The summed E-state index contributed by atoms with van der Waals surface area (Å²) >= 11 is 0. The van der Waals surface area contributed by atoms with Gasteiger partial charge in [0.2, 0.25) is 0 Å². The molecule has 14 heavy (non-hydrogen) atoms. The van der Waals surface area contributed by atoms with Crippen LogP contribution in [-0.2, 0) is 0 Å². The predicted octanol–water partition coefficient (Wildman–Crippen LogP) is 1.98. The molecule has 2 heteroatoms. The molecule has 0 aliphatic heterocycles. The van der Waals surface area contributed by atoms with Crippen LogP contribution in [0.3, 0.4) is 0 Å². The van der Waals surface area contributed by atoms with Crippen LogP contribution < -0.4 is 0 Å². The molecule has 0 amide bonds. The van der Waals surface area contributed by atoms with Gasteiger partial charge in [0.15, 0.2) is 0 Å². The molecule has 78 valence electrons. The highest BCUT2D eigenvalue weighted by Crippen LogP contribution is 2.27. The Hall–Kier alpha value is -0.860. The molecule has 0 aliphatic rings. The minimum Gasteiger partial charge on any atom is -0.396 e. The van der Waals surface area contributed by atoms with Gasteiger partial charge in [0, 0.05) is 12.5 Å². The molecule has 0 saturated heterocycles. The van der Waals surface area contributed by atoms with Gasteiger partial charge < -0.3 is 10.2 Å². The topological polar surface area (TPSA) is 40.5 Å². The first-order valence-corrected chi connectivity index (χ1v) is 5.00. The van der Waals surface area contributed by atoms with Gasteiger partial charge >= 0.3 is 0 Å². The van der Waals surface area contributed by atoms with Crippen LogP contribution in [0.25, 0.3) is 0 Å². The fourth-order valence-electron chi connectivity index (χ4n) is 1.57. The van der Waals surface area contributed by atoms with E-state index in [1.54, 1.807) is 0 Å². The third kappa shape index (κ3) is 2.56. The number of hydrogen-bond acceptors (Lipinski definition) is 2. The first-order valence-electron chi connectivity index (χ1n) is 5.00. The van der Waals surface area contributed by atoms with Crippen molar-refractivity contribution in [2.45, 2.75) is 20.0 Å². The lowest BCUT2D eigenvalue weighted by Crippen LogP contribution is -2.22. The van der Waals surface area contributed by atoms with E-state index in [1.807, 2.05) is 44.2 Å². The van der Waals surface area contributed by atoms with Crippen molar-refractivity contribution in [2.24, 2.45) is 11.8 Å². The van der Waals surface area contributed by atoms with E-state index in [4.69, 9.17) is 5.11 Å². The third-order valence-electron chi connectivity index (χ3n) is 2.61. The van der Waals surface area contributed by atoms with Crippen LogP contribution in [0.1, 0.15) is 25.5 Å². The van der Waals surface area contributed by atoms with E-state index < -0.39 is 6.10 Å². The Bertz CT molecular complexity index is 256. The van der Waals surface area contributed by atoms with Crippen molar-refractivity contribution in [3.05, 3.63) is 35.9 Å². The smallest absolute Gasteiger partial charge is 0.0842 e. The van der Waals surface area contributed by atoms with Crippen molar-refractivity contribution in [3.63, 3.8) is 0 Å². The van der Waals surface area contributed by atoms with Crippen molar-refractivity contribution in [2.75, 3.05) is 6.61 Å². The van der Waals surface area contributed by atoms with E-state index in [2.05, 4.69) is 0 Å². The van der Waals surface area contributed by atoms with Gasteiger partial charge in [-0.1, -0.05) is 44.2 Å². The number of aliphatic hydroxyl groups excluding tert-OH is 2. The largest absolute Gasteiger partial charge is 0.396 e. The Balaban J connectivity index is 2.78. The maximum Gasteiger partial charge on any atom is 0.0842 e. The zero-order chi connectivity index (χ0) is 10.6. The third-order valence-corrected chi connectivity index (χ3v) is 2.61. The Kier molecular flexibility index (Phi) is 4.11. The minimum atomic E-state index is -0.568. The zero-order valence-electron chi connectivity index (χ0n) is 8.72. The summed E-state index contributed by atoms with van der Waals surface area (Å²) in [5.74, 6) is 0.188. The molecule has 0 saturated carbocycles. The fraction of sp³-hybridized carbons (Fsp3) is 0.500. The number of benzene rings is 1. The molecule has 2 atom stereocenters. The van der Waals surface area contributed by atoms with Gasteiger partial charge in [-0.2, -0.15) is 0 Å². The summed E-state index contributed by atoms with van der Waals surface area (Å²) in [4.78, 5) is 0. The molecule has 2 N–H and O–H groups in total. The first-order chi connectivity index (χ1) is 6.66. The average molecular weight is 194 g/mol. The Morgan fingerprint density at radius 3 is 2.14 bits per heavy atom. The van der Waals surface area contributed by atoms with Crippen molar-refractivity contribution < 1.29 is 10.2 Å². The molecule has 1 unspecified atom stereocenters. The van der Waals surface area contributed by atoms with Crippen LogP contribution in [0.15, 0.2) is 30.3 Å². The van der Waals surface area contributed by atoms with Crippen molar-refractivity contribution >= 4 is 0 Å². The van der Waals surface area contributed by atoms with E-state index in [-0.39, 0.29) is 18.4 Å². The summed E-state index contributed by atoms with van der Waals surface area (Å²) in [6, 6.07) is 9.48. The molecular weight excluding hydrogens is 176 g/mol. The van der Waals surface area contributed by atoms with Crippen LogP contribution in [0.2, 0.25) is 0 Å². The van der Waals surface area contributed by atoms with E-state index in [1.165, 1.54) is 0 Å². The predicted molar refractivity (Wildman–Crippen MR) is 56.8 cm³/mol. The standard InChI is InChI=1S/C12H18O2/c1-9(2)11(8-13)12(14)10-6-4-3-5-7-10/h3-7,9,11-14H,8H2,1-2H3/t11?,12-/m1/s1. The second-order valence-corrected chi connectivity index (χ2v) is 3.95. The molecule has 0 radical (unpaired) electrons. The average Bonchev–Trinajstić information content (AvgIpc) is 2.19. The van der Waals surface area contributed by atoms with Gasteiger partial charge in [0.25, 0.3) is 0 Å². The van der Waals surface area contributed by atoms with E-state index in [0.29, 0.717) is 0 Å². The van der Waals surface area contributed by atoms with Gasteiger partial charge in [-0.15, -0.1) is 0 Å². The van der Waals surface area contributed by atoms with Crippen molar-refractivity contribution in [1.29, 1.82) is 0 Å². The summed E-state index contributed by atoms with van der Waals surface area (Å²) in [5.41, 5.74) is 0.875. The lowest BCUT2D eigenvalue weighted by molar-refractivity contribution is 0.0407. The van der Waals surface area contributed by atoms with Crippen molar-refractivity contribution in [3.8, 4) is 0 Å². The minimum absolute atomic E-state index is 0.0216. The molecule has 1 aromatic carbocycles. The first kappa shape index (κ1) is 11.2. The van der Waals surface area contributed by atoms with Gasteiger partial charge in [-0.25, -0.2) is 0 Å². The number of hydrogen-bond donors (Lipinski definition) is 2. The van der Waals surface area contributed by atoms with Gasteiger partial charge in [-0.3, -0.25) is 0 Å². The Morgan fingerprint density at radius 1 is 1.14 bits per heavy atom. The molecule has 1 aromatic rings. The van der Waals surface area contributed by atoms with Crippen molar-refractivity contribution in [1.82, 2.24) is 0 Å². The number of aliphatic hydroxyl groups is 2. The summed E-state index contributed by atoms with van der Waals surface area (Å²) < 4.78 is 0. The van der Waals surface area contributed by atoms with Gasteiger partial charge in [-0.05, 0) is 11.5 Å². The van der Waals surface area contributed by atoms with Crippen LogP contribution in [0.4, 0.5) is 0 Å². The maximum absolute atomic E-state index is 9.99. The molecule has 0 bridgehead atoms. The second-order valence-electron chi connectivity index (χ2n) is 3.95. The van der Waals surface area contributed by atoms with E-state index in [9.17, 15) is 5.11 Å². The Morgan fingerprint density at radius 2 is 1.71 bits per heavy atom. The maximum atomic E-state index is 9.99.